The molecule has 1 heterocycles. The number of ether oxygens (including phenoxy) is 2. The van der Waals surface area contributed by atoms with Crippen LogP contribution in [0.25, 0.3) is 11.4 Å². The molecule has 3 rings (SSSR count). The summed E-state index contributed by atoms with van der Waals surface area (Å²) in [6, 6.07) is 11.5. The SMILES string of the molecule is CCOc1ccc(OC(C)C(=O)NNC(=O)CCc2nc(-c3ccc(C)c(F)c3)no2)cc1. The van der Waals surface area contributed by atoms with Crippen LogP contribution in [0, 0.1) is 12.7 Å². The van der Waals surface area contributed by atoms with Crippen LogP contribution in [0.1, 0.15) is 31.7 Å². The van der Waals surface area contributed by atoms with Gasteiger partial charge in [0.05, 0.1) is 6.61 Å². The van der Waals surface area contributed by atoms with Crippen LogP contribution in [0.5, 0.6) is 11.5 Å². The number of rotatable bonds is 9. The van der Waals surface area contributed by atoms with Gasteiger partial charge < -0.3 is 14.0 Å². The second-order valence-corrected chi connectivity index (χ2v) is 7.18. The van der Waals surface area contributed by atoms with Crippen LogP contribution in [0.3, 0.4) is 0 Å². The zero-order valence-corrected chi connectivity index (χ0v) is 18.6. The fourth-order valence-electron chi connectivity index (χ4n) is 2.76. The number of amides is 2. The first kappa shape index (κ1) is 23.7. The van der Waals surface area contributed by atoms with Gasteiger partial charge in [-0.1, -0.05) is 17.3 Å². The highest BCUT2D eigenvalue weighted by Crippen LogP contribution is 2.20. The molecule has 0 spiro atoms. The van der Waals surface area contributed by atoms with Crippen molar-refractivity contribution in [3.63, 3.8) is 0 Å². The minimum atomic E-state index is -0.836. The third kappa shape index (κ3) is 6.76. The Labute approximate surface area is 190 Å². The molecule has 1 aromatic heterocycles. The number of nitrogens with one attached hydrogen (secondary N) is 2. The summed E-state index contributed by atoms with van der Waals surface area (Å²) in [5.41, 5.74) is 5.63. The van der Waals surface area contributed by atoms with E-state index in [0.717, 1.165) is 0 Å². The smallest absolute Gasteiger partial charge is 0.279 e. The molecule has 3 aromatic rings. The second-order valence-electron chi connectivity index (χ2n) is 7.18. The molecule has 0 aliphatic carbocycles. The monoisotopic (exact) mass is 456 g/mol. The minimum absolute atomic E-state index is 0.00169. The highest BCUT2D eigenvalue weighted by atomic mass is 19.1. The summed E-state index contributed by atoms with van der Waals surface area (Å²) in [5, 5.41) is 3.81. The number of nitrogens with zero attached hydrogens (tertiary/aromatic N) is 2. The average Bonchev–Trinajstić information content (AvgIpc) is 3.28. The second kappa shape index (κ2) is 11.1. The average molecular weight is 456 g/mol. The van der Waals surface area contributed by atoms with E-state index < -0.39 is 17.9 Å². The van der Waals surface area contributed by atoms with Gasteiger partial charge in [-0.05, 0) is 56.7 Å². The molecule has 0 saturated carbocycles. The molecule has 1 atom stereocenters. The number of hydrogen-bond donors (Lipinski definition) is 2. The lowest BCUT2D eigenvalue weighted by Gasteiger charge is -2.15. The van der Waals surface area contributed by atoms with E-state index >= 15 is 0 Å². The Bertz CT molecular complexity index is 1100. The Kier molecular flexibility index (Phi) is 7.96. The van der Waals surface area contributed by atoms with Crippen molar-refractivity contribution in [1.29, 1.82) is 0 Å². The van der Waals surface area contributed by atoms with E-state index in [-0.39, 0.29) is 30.4 Å². The van der Waals surface area contributed by atoms with Gasteiger partial charge in [0, 0.05) is 18.4 Å². The summed E-state index contributed by atoms with van der Waals surface area (Å²) < 4.78 is 29.7. The van der Waals surface area contributed by atoms with Crippen molar-refractivity contribution in [3.8, 4) is 22.9 Å². The van der Waals surface area contributed by atoms with Gasteiger partial charge in [-0.15, -0.1) is 0 Å². The van der Waals surface area contributed by atoms with Crippen LogP contribution < -0.4 is 20.3 Å². The van der Waals surface area contributed by atoms with E-state index in [1.54, 1.807) is 50.2 Å². The van der Waals surface area contributed by atoms with Gasteiger partial charge in [-0.2, -0.15) is 4.98 Å². The van der Waals surface area contributed by atoms with Crippen molar-refractivity contribution in [2.45, 2.75) is 39.7 Å². The van der Waals surface area contributed by atoms with Crippen molar-refractivity contribution in [3.05, 3.63) is 59.7 Å². The molecule has 0 radical (unpaired) electrons. The standard InChI is InChI=1S/C23H25FN4O5/c1-4-31-17-7-9-18(10-8-17)32-15(3)23(30)27-26-20(29)11-12-21-25-22(28-33-21)16-6-5-14(2)19(24)13-16/h5-10,13,15H,4,11-12H2,1-3H3,(H,26,29)(H,27,30). The maximum Gasteiger partial charge on any atom is 0.279 e. The Hall–Kier alpha value is -3.95. The van der Waals surface area contributed by atoms with Gasteiger partial charge >= 0.3 is 0 Å². The van der Waals surface area contributed by atoms with Gasteiger partial charge in [-0.25, -0.2) is 4.39 Å². The molecule has 174 valence electrons. The van der Waals surface area contributed by atoms with E-state index in [1.807, 2.05) is 6.92 Å². The number of aromatic nitrogens is 2. The largest absolute Gasteiger partial charge is 0.494 e. The predicted molar refractivity (Wildman–Crippen MR) is 117 cm³/mol. The van der Waals surface area contributed by atoms with Gasteiger partial charge in [0.1, 0.15) is 17.3 Å². The first-order chi connectivity index (χ1) is 15.9. The summed E-state index contributed by atoms with van der Waals surface area (Å²) >= 11 is 0. The van der Waals surface area contributed by atoms with E-state index in [9.17, 15) is 14.0 Å². The van der Waals surface area contributed by atoms with Crippen LogP contribution in [0.2, 0.25) is 0 Å². The summed E-state index contributed by atoms with van der Waals surface area (Å²) in [4.78, 5) is 28.4. The number of benzene rings is 2. The Morgan fingerprint density at radius 3 is 2.55 bits per heavy atom. The molecule has 2 amide bonds. The molecule has 10 heteroatoms. The highest BCUT2D eigenvalue weighted by molar-refractivity contribution is 5.84. The molecule has 0 aliphatic rings. The minimum Gasteiger partial charge on any atom is -0.494 e. The number of halogens is 1. The zero-order chi connectivity index (χ0) is 23.8. The summed E-state index contributed by atoms with van der Waals surface area (Å²) in [6.45, 7) is 5.66. The van der Waals surface area contributed by atoms with Gasteiger partial charge in [-0.3, -0.25) is 20.4 Å². The number of carbonyl (C=O) groups excluding carboxylic acids is 2. The van der Waals surface area contributed by atoms with Crippen molar-refractivity contribution in [2.75, 3.05) is 6.61 Å². The summed E-state index contributed by atoms with van der Waals surface area (Å²) in [6.07, 6.45) is -0.684. The molecule has 2 aromatic carbocycles. The van der Waals surface area contributed by atoms with Crippen LogP contribution in [0.15, 0.2) is 47.0 Å². The molecule has 1 unspecified atom stereocenters. The van der Waals surface area contributed by atoms with Crippen molar-refractivity contribution < 1.29 is 28.0 Å². The number of hydrazine groups is 1. The van der Waals surface area contributed by atoms with Gasteiger partial charge in [0.15, 0.2) is 6.10 Å². The molecular formula is C23H25FN4O5. The molecule has 0 fully saturated rings. The van der Waals surface area contributed by atoms with Crippen LogP contribution in [-0.4, -0.2) is 34.7 Å². The molecule has 33 heavy (non-hydrogen) atoms. The third-order valence-corrected chi connectivity index (χ3v) is 4.61. The maximum absolute atomic E-state index is 13.7. The predicted octanol–water partition coefficient (Wildman–Crippen LogP) is 3.13. The van der Waals surface area contributed by atoms with Gasteiger partial charge in [0.2, 0.25) is 17.6 Å². The molecule has 0 bridgehead atoms. The van der Waals surface area contributed by atoms with E-state index in [0.29, 0.717) is 29.2 Å². The van der Waals surface area contributed by atoms with E-state index in [1.165, 1.54) is 6.07 Å². The Balaban J connectivity index is 1.42. The molecule has 2 N–H and O–H groups in total. The molecule has 0 saturated heterocycles. The van der Waals surface area contributed by atoms with Crippen molar-refractivity contribution in [1.82, 2.24) is 21.0 Å². The topological polar surface area (TPSA) is 116 Å². The number of aryl methyl sites for hydroxylation is 2. The molecular weight excluding hydrogens is 431 g/mol. The number of carbonyl (C=O) groups is 2. The quantitative estimate of drug-likeness (QED) is 0.475. The normalized spacial score (nSPS) is 11.5. The zero-order valence-electron chi connectivity index (χ0n) is 18.6. The lowest BCUT2D eigenvalue weighted by molar-refractivity contribution is -0.132. The third-order valence-electron chi connectivity index (χ3n) is 4.61. The molecule has 0 aliphatic heterocycles. The van der Waals surface area contributed by atoms with Gasteiger partial charge in [0.25, 0.3) is 5.91 Å². The molecule has 9 nitrogen and oxygen atoms in total. The van der Waals surface area contributed by atoms with Crippen molar-refractivity contribution >= 4 is 11.8 Å². The number of hydrogen-bond acceptors (Lipinski definition) is 7. The first-order valence-corrected chi connectivity index (χ1v) is 10.4. The lowest BCUT2D eigenvalue weighted by atomic mass is 10.1. The summed E-state index contributed by atoms with van der Waals surface area (Å²) in [5.74, 6) is 0.324. The summed E-state index contributed by atoms with van der Waals surface area (Å²) in [7, 11) is 0. The fourth-order valence-corrected chi connectivity index (χ4v) is 2.76. The maximum atomic E-state index is 13.7. The lowest BCUT2D eigenvalue weighted by Crippen LogP contribution is -2.47. The van der Waals surface area contributed by atoms with E-state index in [4.69, 9.17) is 14.0 Å². The van der Waals surface area contributed by atoms with Crippen LogP contribution in [-0.2, 0) is 16.0 Å². The van der Waals surface area contributed by atoms with Crippen LogP contribution >= 0.6 is 0 Å². The van der Waals surface area contributed by atoms with Crippen LogP contribution in [0.4, 0.5) is 4.39 Å². The Morgan fingerprint density at radius 1 is 1.12 bits per heavy atom. The van der Waals surface area contributed by atoms with E-state index in [2.05, 4.69) is 21.0 Å². The Morgan fingerprint density at radius 2 is 1.85 bits per heavy atom. The van der Waals surface area contributed by atoms with Crippen molar-refractivity contribution in [2.24, 2.45) is 0 Å². The first-order valence-electron chi connectivity index (χ1n) is 10.4. The highest BCUT2D eigenvalue weighted by Gasteiger charge is 2.16. The fraction of sp³-hybridized carbons (Fsp3) is 0.304.